The Morgan fingerprint density at radius 3 is 2.65 bits per heavy atom. The number of rotatable bonds is 3. The molecule has 2 rings (SSSR count). The van der Waals surface area contributed by atoms with Gasteiger partial charge in [-0.25, -0.2) is 4.98 Å². The summed E-state index contributed by atoms with van der Waals surface area (Å²) >= 11 is 1.80. The fraction of sp³-hybridized carbons (Fsp3) is 0.750. The Hall–Kier alpha value is -0.650. The zero-order valence-corrected chi connectivity index (χ0v) is 11.9. The van der Waals surface area contributed by atoms with Crippen molar-refractivity contribution < 1.29 is 0 Å². The maximum atomic E-state index is 4.54. The van der Waals surface area contributed by atoms with E-state index in [1.165, 1.54) is 10.0 Å². The molecule has 2 atom stereocenters. The molecule has 4 nitrogen and oxygen atoms in total. The van der Waals surface area contributed by atoms with Gasteiger partial charge in [-0.05, 0) is 27.9 Å². The average Bonchev–Trinajstić information content (AvgIpc) is 2.74. The molecule has 1 fully saturated rings. The van der Waals surface area contributed by atoms with Crippen molar-refractivity contribution in [3.8, 4) is 0 Å². The van der Waals surface area contributed by atoms with Crippen LogP contribution >= 0.6 is 11.3 Å². The predicted molar refractivity (Wildman–Crippen MR) is 73.8 cm³/mol. The number of aromatic nitrogens is 1. The number of hydrogen-bond donors (Lipinski definition) is 1. The Balaban J connectivity index is 2.06. The van der Waals surface area contributed by atoms with Gasteiger partial charge in [0.2, 0.25) is 0 Å². The molecule has 96 valence electrons. The van der Waals surface area contributed by atoms with Crippen LogP contribution in [0.3, 0.4) is 0 Å². The number of hydrogen-bond acceptors (Lipinski definition) is 5. The molecule has 2 heterocycles. The van der Waals surface area contributed by atoms with Crippen LogP contribution in [-0.2, 0) is 6.54 Å². The minimum atomic E-state index is 0.593. The molecule has 0 saturated carbocycles. The van der Waals surface area contributed by atoms with Crippen molar-refractivity contribution >= 4 is 16.5 Å². The van der Waals surface area contributed by atoms with E-state index in [-0.39, 0.29) is 0 Å². The van der Waals surface area contributed by atoms with E-state index in [0.717, 1.165) is 19.6 Å². The van der Waals surface area contributed by atoms with E-state index in [0.29, 0.717) is 12.1 Å². The van der Waals surface area contributed by atoms with Gasteiger partial charge < -0.3 is 10.2 Å². The van der Waals surface area contributed by atoms with Crippen molar-refractivity contribution in [3.05, 3.63) is 11.1 Å². The van der Waals surface area contributed by atoms with Gasteiger partial charge in [0.1, 0.15) is 0 Å². The van der Waals surface area contributed by atoms with Crippen molar-refractivity contribution in [2.24, 2.45) is 0 Å². The third-order valence-electron chi connectivity index (χ3n) is 3.52. The van der Waals surface area contributed by atoms with Crippen molar-refractivity contribution in [2.45, 2.75) is 32.5 Å². The second-order valence-electron chi connectivity index (χ2n) is 4.91. The van der Waals surface area contributed by atoms with Gasteiger partial charge in [-0.3, -0.25) is 4.90 Å². The molecule has 0 bridgehead atoms. The Labute approximate surface area is 108 Å². The second kappa shape index (κ2) is 5.33. The van der Waals surface area contributed by atoms with Crippen LogP contribution in [0.2, 0.25) is 0 Å². The highest BCUT2D eigenvalue weighted by Gasteiger charge is 2.27. The first-order valence-electron chi connectivity index (χ1n) is 6.18. The van der Waals surface area contributed by atoms with Gasteiger partial charge in [-0.1, -0.05) is 0 Å². The molecule has 1 aromatic rings. The van der Waals surface area contributed by atoms with Crippen molar-refractivity contribution in [1.82, 2.24) is 15.2 Å². The predicted octanol–water partition coefficient (Wildman–Crippen LogP) is 1.39. The lowest BCUT2D eigenvalue weighted by atomic mass is 10.1. The Kier molecular flexibility index (Phi) is 4.01. The fourth-order valence-electron chi connectivity index (χ4n) is 2.26. The van der Waals surface area contributed by atoms with Gasteiger partial charge in [0.05, 0.1) is 0 Å². The molecule has 2 unspecified atom stereocenters. The summed E-state index contributed by atoms with van der Waals surface area (Å²) in [7, 11) is 4.18. The third kappa shape index (κ3) is 2.78. The maximum Gasteiger partial charge on any atom is 0.185 e. The van der Waals surface area contributed by atoms with E-state index < -0.39 is 0 Å². The molecule has 1 N–H and O–H groups in total. The lowest BCUT2D eigenvalue weighted by Crippen LogP contribution is -2.55. The molecule has 0 amide bonds. The minimum absolute atomic E-state index is 0.593. The first-order chi connectivity index (χ1) is 8.11. The zero-order valence-electron chi connectivity index (χ0n) is 11.1. The summed E-state index contributed by atoms with van der Waals surface area (Å²) in [6.45, 7) is 7.63. The van der Waals surface area contributed by atoms with Crippen LogP contribution in [0, 0.1) is 0 Å². The molecule has 1 saturated heterocycles. The highest BCUT2D eigenvalue weighted by Crippen LogP contribution is 2.26. The molecule has 0 aliphatic carbocycles. The van der Waals surface area contributed by atoms with Gasteiger partial charge in [0.25, 0.3) is 0 Å². The molecule has 0 aromatic carbocycles. The normalized spacial score (nSPS) is 26.5. The number of thiazole rings is 1. The van der Waals surface area contributed by atoms with Gasteiger partial charge in [-0.15, -0.1) is 11.3 Å². The van der Waals surface area contributed by atoms with E-state index in [1.807, 2.05) is 13.2 Å². The van der Waals surface area contributed by atoms with Crippen molar-refractivity contribution in [1.29, 1.82) is 0 Å². The van der Waals surface area contributed by atoms with E-state index in [2.05, 4.69) is 41.0 Å². The molecular formula is C12H22N4S. The number of anilines is 1. The Bertz CT molecular complexity index is 353. The summed E-state index contributed by atoms with van der Waals surface area (Å²) in [6, 6.07) is 1.19. The first kappa shape index (κ1) is 12.8. The van der Waals surface area contributed by atoms with Gasteiger partial charge in [0, 0.05) is 42.8 Å². The third-order valence-corrected chi connectivity index (χ3v) is 4.58. The summed E-state index contributed by atoms with van der Waals surface area (Å²) in [5.41, 5.74) is 0. The SMILES string of the molecule is CNCc1cnc(N2CC(C)N(C)C(C)C2)s1. The highest BCUT2D eigenvalue weighted by atomic mass is 32.1. The largest absolute Gasteiger partial charge is 0.345 e. The standard InChI is InChI=1S/C12H22N4S/c1-9-7-16(8-10(2)15(9)4)12-14-6-11(17-12)5-13-3/h6,9-10,13H,5,7-8H2,1-4H3. The molecule has 17 heavy (non-hydrogen) atoms. The summed E-state index contributed by atoms with van der Waals surface area (Å²) in [5.74, 6) is 0. The van der Waals surface area contributed by atoms with Gasteiger partial charge >= 0.3 is 0 Å². The summed E-state index contributed by atoms with van der Waals surface area (Å²) in [5, 5.41) is 4.34. The van der Waals surface area contributed by atoms with Crippen LogP contribution in [0.4, 0.5) is 5.13 Å². The minimum Gasteiger partial charge on any atom is -0.345 e. The van der Waals surface area contributed by atoms with E-state index >= 15 is 0 Å². The molecule has 5 heteroatoms. The molecule has 1 aliphatic heterocycles. The fourth-order valence-corrected chi connectivity index (χ4v) is 3.20. The van der Waals surface area contributed by atoms with Crippen LogP contribution in [0.15, 0.2) is 6.20 Å². The number of likely N-dealkylation sites (N-methyl/N-ethyl adjacent to an activating group) is 1. The quantitative estimate of drug-likeness (QED) is 0.883. The number of nitrogens with one attached hydrogen (secondary N) is 1. The Morgan fingerprint density at radius 2 is 2.06 bits per heavy atom. The van der Waals surface area contributed by atoms with Crippen LogP contribution in [0.25, 0.3) is 0 Å². The highest BCUT2D eigenvalue weighted by molar-refractivity contribution is 7.15. The van der Waals surface area contributed by atoms with Crippen LogP contribution in [-0.4, -0.2) is 49.2 Å². The molecule has 0 spiro atoms. The van der Waals surface area contributed by atoms with Crippen molar-refractivity contribution in [2.75, 3.05) is 32.1 Å². The van der Waals surface area contributed by atoms with E-state index in [9.17, 15) is 0 Å². The lowest BCUT2D eigenvalue weighted by Gasteiger charge is -2.42. The number of nitrogens with zero attached hydrogens (tertiary/aromatic N) is 3. The van der Waals surface area contributed by atoms with Gasteiger partial charge in [0.15, 0.2) is 5.13 Å². The second-order valence-corrected chi connectivity index (χ2v) is 6.00. The monoisotopic (exact) mass is 254 g/mol. The smallest absolute Gasteiger partial charge is 0.185 e. The van der Waals surface area contributed by atoms with E-state index in [4.69, 9.17) is 0 Å². The molecule has 0 radical (unpaired) electrons. The zero-order chi connectivity index (χ0) is 12.4. The summed E-state index contributed by atoms with van der Waals surface area (Å²) in [6.07, 6.45) is 1.99. The lowest BCUT2D eigenvalue weighted by molar-refractivity contribution is 0.170. The molecule has 1 aromatic heterocycles. The first-order valence-corrected chi connectivity index (χ1v) is 6.99. The molecular weight excluding hydrogens is 232 g/mol. The van der Waals surface area contributed by atoms with E-state index in [1.54, 1.807) is 11.3 Å². The Morgan fingerprint density at radius 1 is 1.41 bits per heavy atom. The van der Waals surface area contributed by atoms with Crippen LogP contribution in [0.5, 0.6) is 0 Å². The molecule has 1 aliphatic rings. The maximum absolute atomic E-state index is 4.54. The topological polar surface area (TPSA) is 31.4 Å². The van der Waals surface area contributed by atoms with Crippen LogP contribution in [0.1, 0.15) is 18.7 Å². The number of piperazine rings is 1. The average molecular weight is 254 g/mol. The summed E-state index contributed by atoms with van der Waals surface area (Å²) < 4.78 is 0. The van der Waals surface area contributed by atoms with Gasteiger partial charge in [-0.2, -0.15) is 0 Å². The summed E-state index contributed by atoms with van der Waals surface area (Å²) in [4.78, 5) is 10.7. The van der Waals surface area contributed by atoms with Crippen LogP contribution < -0.4 is 10.2 Å². The van der Waals surface area contributed by atoms with Crippen molar-refractivity contribution in [3.63, 3.8) is 0 Å².